The molecule has 0 bridgehead atoms. The van der Waals surface area contributed by atoms with Gasteiger partial charge in [-0.15, -0.1) is 0 Å². The molecule has 0 aliphatic heterocycles. The maximum atomic E-state index is 12.8. The molecular formula is C26H25N9O. The van der Waals surface area contributed by atoms with Crippen molar-refractivity contribution < 1.29 is 4.79 Å². The molecule has 4 aromatic heterocycles. The van der Waals surface area contributed by atoms with Crippen LogP contribution in [0.25, 0.3) is 22.3 Å². The van der Waals surface area contributed by atoms with Gasteiger partial charge < -0.3 is 11.1 Å². The standard InChI is InChI=1S/C26H25N9O/c1-15-10-11-28-21(12-15)32-26(36)17-8-6-16(7-9-17)23-22-24(27)29-14-30-25(22)35(33-23)20-5-3-4-19-18(20)13-31-34(19)2/h6-14,20H,3-5H2,1-2H3,(H2,27,29,30)(H,28,32,36)/t20-/m0/s1. The summed E-state index contributed by atoms with van der Waals surface area (Å²) in [5, 5.41) is 13.0. The molecule has 0 spiro atoms. The van der Waals surface area contributed by atoms with E-state index in [2.05, 4.69) is 25.4 Å². The van der Waals surface area contributed by atoms with E-state index in [4.69, 9.17) is 10.8 Å². The molecule has 0 unspecified atom stereocenters. The molecule has 6 rings (SSSR count). The minimum absolute atomic E-state index is 0.0138. The third-order valence-corrected chi connectivity index (χ3v) is 6.73. The fraction of sp³-hybridized carbons (Fsp3) is 0.231. The number of rotatable bonds is 4. The van der Waals surface area contributed by atoms with Crippen LogP contribution in [0.5, 0.6) is 0 Å². The van der Waals surface area contributed by atoms with Crippen LogP contribution in [0.1, 0.15) is 46.1 Å². The second-order valence-electron chi connectivity index (χ2n) is 9.08. The van der Waals surface area contributed by atoms with Gasteiger partial charge in [0.25, 0.3) is 5.91 Å². The molecule has 1 amide bonds. The van der Waals surface area contributed by atoms with Gasteiger partial charge in [-0.25, -0.2) is 19.6 Å². The van der Waals surface area contributed by atoms with E-state index in [0.29, 0.717) is 33.9 Å². The number of hydrogen-bond donors (Lipinski definition) is 2. The van der Waals surface area contributed by atoms with Crippen molar-refractivity contribution in [3.05, 3.63) is 77.5 Å². The van der Waals surface area contributed by atoms with Crippen molar-refractivity contribution in [3.8, 4) is 11.3 Å². The summed E-state index contributed by atoms with van der Waals surface area (Å²) in [5.41, 5.74) is 12.4. The van der Waals surface area contributed by atoms with E-state index >= 15 is 0 Å². The van der Waals surface area contributed by atoms with Gasteiger partial charge in [0.15, 0.2) is 5.65 Å². The second kappa shape index (κ2) is 8.56. The van der Waals surface area contributed by atoms with Crippen molar-refractivity contribution in [3.63, 3.8) is 0 Å². The molecule has 10 nitrogen and oxygen atoms in total. The van der Waals surface area contributed by atoms with E-state index in [1.165, 1.54) is 12.0 Å². The highest BCUT2D eigenvalue weighted by Crippen LogP contribution is 2.37. The van der Waals surface area contributed by atoms with Crippen molar-refractivity contribution in [1.29, 1.82) is 0 Å². The quantitative estimate of drug-likeness (QED) is 0.402. The Hall–Kier alpha value is -4.60. The first-order valence-electron chi connectivity index (χ1n) is 11.8. The van der Waals surface area contributed by atoms with Crippen LogP contribution < -0.4 is 11.1 Å². The number of fused-ring (bicyclic) bond motifs is 2. The lowest BCUT2D eigenvalue weighted by atomic mass is 9.93. The van der Waals surface area contributed by atoms with Gasteiger partial charge in [0.2, 0.25) is 0 Å². The van der Waals surface area contributed by atoms with E-state index in [1.807, 2.05) is 53.8 Å². The second-order valence-corrected chi connectivity index (χ2v) is 9.08. The maximum absolute atomic E-state index is 12.8. The summed E-state index contributed by atoms with van der Waals surface area (Å²) in [6.07, 6.45) is 8.03. The molecule has 4 heterocycles. The number of amides is 1. The molecular weight excluding hydrogens is 454 g/mol. The highest BCUT2D eigenvalue weighted by atomic mass is 16.1. The number of nitrogens with two attached hydrogens (primary N) is 1. The Labute approximate surface area is 207 Å². The average Bonchev–Trinajstić information content (AvgIpc) is 3.46. The summed E-state index contributed by atoms with van der Waals surface area (Å²) < 4.78 is 3.89. The number of hydrogen-bond acceptors (Lipinski definition) is 7. The fourth-order valence-electron chi connectivity index (χ4n) is 4.92. The zero-order chi connectivity index (χ0) is 24.8. The highest BCUT2D eigenvalue weighted by Gasteiger charge is 2.29. The van der Waals surface area contributed by atoms with Crippen molar-refractivity contribution in [2.24, 2.45) is 7.05 Å². The monoisotopic (exact) mass is 479 g/mol. The summed E-state index contributed by atoms with van der Waals surface area (Å²) in [4.78, 5) is 25.7. The van der Waals surface area contributed by atoms with Crippen molar-refractivity contribution in [2.75, 3.05) is 11.1 Å². The molecule has 36 heavy (non-hydrogen) atoms. The molecule has 0 saturated heterocycles. The molecule has 3 N–H and O–H groups in total. The summed E-state index contributed by atoms with van der Waals surface area (Å²) in [5.74, 6) is 0.654. The van der Waals surface area contributed by atoms with Crippen LogP contribution in [0.15, 0.2) is 55.1 Å². The van der Waals surface area contributed by atoms with Crippen LogP contribution >= 0.6 is 0 Å². The Kier molecular flexibility index (Phi) is 5.21. The van der Waals surface area contributed by atoms with Crippen LogP contribution in [-0.2, 0) is 13.5 Å². The summed E-state index contributed by atoms with van der Waals surface area (Å²) in [6, 6.07) is 11.0. The number of nitrogens with one attached hydrogen (secondary N) is 1. The predicted molar refractivity (Wildman–Crippen MR) is 136 cm³/mol. The van der Waals surface area contributed by atoms with Gasteiger partial charge in [-0.2, -0.15) is 10.2 Å². The van der Waals surface area contributed by atoms with Gasteiger partial charge >= 0.3 is 0 Å². The van der Waals surface area contributed by atoms with Crippen LogP contribution in [-0.4, -0.2) is 40.4 Å². The van der Waals surface area contributed by atoms with Gasteiger partial charge in [0, 0.05) is 35.6 Å². The number of nitrogen functional groups attached to an aromatic ring is 1. The van der Waals surface area contributed by atoms with Crippen molar-refractivity contribution in [1.82, 2.24) is 34.5 Å². The van der Waals surface area contributed by atoms with Crippen LogP contribution in [0.3, 0.4) is 0 Å². The highest BCUT2D eigenvalue weighted by molar-refractivity contribution is 6.04. The number of carbonyl (C=O) groups is 1. The lowest BCUT2D eigenvalue weighted by Crippen LogP contribution is -2.19. The Morgan fingerprint density at radius 2 is 1.97 bits per heavy atom. The number of benzene rings is 1. The Morgan fingerprint density at radius 3 is 2.78 bits per heavy atom. The Balaban J connectivity index is 1.37. The molecule has 1 aromatic carbocycles. The van der Waals surface area contributed by atoms with Gasteiger partial charge in [-0.3, -0.25) is 9.48 Å². The van der Waals surface area contributed by atoms with Crippen LogP contribution in [0.4, 0.5) is 11.6 Å². The number of anilines is 2. The summed E-state index contributed by atoms with van der Waals surface area (Å²) in [6.45, 7) is 1.95. The molecule has 0 fully saturated rings. The number of aryl methyl sites for hydroxylation is 2. The number of nitrogens with zero attached hydrogens (tertiary/aromatic N) is 7. The Morgan fingerprint density at radius 1 is 1.14 bits per heavy atom. The smallest absolute Gasteiger partial charge is 0.256 e. The number of carbonyl (C=O) groups excluding carboxylic acids is 1. The first-order chi connectivity index (χ1) is 17.5. The van der Waals surface area contributed by atoms with Crippen LogP contribution in [0, 0.1) is 6.92 Å². The van der Waals surface area contributed by atoms with E-state index in [0.717, 1.165) is 36.0 Å². The maximum Gasteiger partial charge on any atom is 0.256 e. The van der Waals surface area contributed by atoms with Gasteiger partial charge in [0.1, 0.15) is 23.7 Å². The lowest BCUT2D eigenvalue weighted by Gasteiger charge is -2.23. The van der Waals surface area contributed by atoms with E-state index in [1.54, 1.807) is 18.3 Å². The lowest BCUT2D eigenvalue weighted by molar-refractivity contribution is 0.102. The number of aromatic nitrogens is 7. The van der Waals surface area contributed by atoms with E-state index in [-0.39, 0.29) is 11.9 Å². The normalized spacial score (nSPS) is 15.1. The van der Waals surface area contributed by atoms with E-state index < -0.39 is 0 Å². The molecule has 0 saturated carbocycles. The Bertz CT molecular complexity index is 1600. The minimum atomic E-state index is -0.232. The summed E-state index contributed by atoms with van der Waals surface area (Å²) in [7, 11) is 1.97. The first-order valence-corrected chi connectivity index (χ1v) is 11.8. The number of pyridine rings is 1. The zero-order valence-electron chi connectivity index (χ0n) is 20.0. The zero-order valence-corrected chi connectivity index (χ0v) is 20.0. The van der Waals surface area contributed by atoms with Crippen molar-refractivity contribution >= 4 is 28.6 Å². The molecule has 0 radical (unpaired) electrons. The average molecular weight is 480 g/mol. The predicted octanol–water partition coefficient (Wildman–Crippen LogP) is 3.69. The topological polar surface area (TPSA) is 129 Å². The van der Waals surface area contributed by atoms with Crippen LogP contribution in [0.2, 0.25) is 0 Å². The summed E-state index contributed by atoms with van der Waals surface area (Å²) >= 11 is 0. The van der Waals surface area contributed by atoms with Gasteiger partial charge in [-0.05, 0) is 56.0 Å². The molecule has 1 atom stereocenters. The molecule has 1 aliphatic carbocycles. The van der Waals surface area contributed by atoms with Gasteiger partial charge in [-0.1, -0.05) is 12.1 Å². The fourth-order valence-corrected chi connectivity index (χ4v) is 4.92. The molecule has 5 aromatic rings. The molecule has 180 valence electrons. The first kappa shape index (κ1) is 21.9. The van der Waals surface area contributed by atoms with E-state index in [9.17, 15) is 4.79 Å². The van der Waals surface area contributed by atoms with Gasteiger partial charge in [0.05, 0.1) is 17.6 Å². The molecule has 10 heteroatoms. The molecule has 1 aliphatic rings. The third-order valence-electron chi connectivity index (χ3n) is 6.73. The largest absolute Gasteiger partial charge is 0.383 e. The minimum Gasteiger partial charge on any atom is -0.383 e. The van der Waals surface area contributed by atoms with Crippen molar-refractivity contribution in [2.45, 2.75) is 32.2 Å². The third kappa shape index (κ3) is 3.67. The SMILES string of the molecule is Cc1ccnc(NC(=O)c2ccc(-c3nn([C@H]4CCCc5c4cnn5C)c4ncnc(N)c34)cc2)c1.